The molecule has 4 aliphatic heterocycles. The van der Waals surface area contributed by atoms with Crippen LogP contribution in [-0.2, 0) is 28.7 Å². The van der Waals surface area contributed by atoms with Gasteiger partial charge in [-0.05, 0) is 44.6 Å². The van der Waals surface area contributed by atoms with Gasteiger partial charge < -0.3 is 29.3 Å². The van der Waals surface area contributed by atoms with Crippen molar-refractivity contribution in [1.29, 1.82) is 0 Å². The Morgan fingerprint density at radius 1 is 1.00 bits per heavy atom. The smallest absolute Gasteiger partial charge is 0.313 e. The average molecular weight is 636 g/mol. The third-order valence-electron chi connectivity index (χ3n) is 9.97. The summed E-state index contributed by atoms with van der Waals surface area (Å²) in [7, 11) is 1.71. The van der Waals surface area contributed by atoms with Gasteiger partial charge in [0.1, 0.15) is 23.7 Å². The van der Waals surface area contributed by atoms with Crippen LogP contribution in [0.1, 0.15) is 72.5 Å². The quantitative estimate of drug-likeness (QED) is 0.388. The van der Waals surface area contributed by atoms with Crippen LogP contribution in [0.5, 0.6) is 0 Å². The predicted molar refractivity (Wildman–Crippen MR) is 172 cm³/mol. The molecule has 1 aromatic rings. The standard InChI is InChI=1S/C36H49N3O7/c1-23-29(24-14-10-8-11-15-24)45-33(44)27-25-17-18-36(46-25)28(27)31(42)38(20-21-40)30(36)32(43)39(35(5,6)22-34(2,3)4)19-13-9-12-16-26(41)37(23)7/h8-11,13-15,17-18,23,25,27-30,40H,12,16,19-22H2,1-7H3/b13-9-/t23-,25+,27-,28-,29+,30+,36-/m0/s1. The third kappa shape index (κ3) is 6.01. The van der Waals surface area contributed by atoms with E-state index in [-0.39, 0.29) is 43.3 Å². The molecular formula is C36H49N3O7. The van der Waals surface area contributed by atoms with Gasteiger partial charge in [-0.1, -0.05) is 75.4 Å². The lowest BCUT2D eigenvalue weighted by molar-refractivity contribution is -0.164. The highest BCUT2D eigenvalue weighted by Crippen LogP contribution is 2.56. The zero-order valence-electron chi connectivity index (χ0n) is 28.1. The normalized spacial score (nSPS) is 33.1. The molecular weight excluding hydrogens is 586 g/mol. The molecule has 10 nitrogen and oxygen atoms in total. The van der Waals surface area contributed by atoms with E-state index in [1.807, 2.05) is 63.3 Å². The van der Waals surface area contributed by atoms with Gasteiger partial charge in [0.2, 0.25) is 17.7 Å². The lowest BCUT2D eigenvalue weighted by Gasteiger charge is -2.45. The van der Waals surface area contributed by atoms with Gasteiger partial charge in [-0.3, -0.25) is 19.2 Å². The fraction of sp³-hybridized carbons (Fsp3) is 0.611. The van der Waals surface area contributed by atoms with Gasteiger partial charge in [0.15, 0.2) is 0 Å². The van der Waals surface area contributed by atoms with Crippen LogP contribution in [0.4, 0.5) is 0 Å². The van der Waals surface area contributed by atoms with Crippen molar-refractivity contribution in [2.24, 2.45) is 17.3 Å². The van der Waals surface area contributed by atoms with Gasteiger partial charge in [-0.2, -0.15) is 0 Å². The molecule has 2 saturated heterocycles. The number of fused-ring (bicyclic) bond motifs is 2. The SMILES string of the molecule is C[C@H]1[C@H](c2ccccc2)OC(=O)[C@@H]2[C@H]3C(=O)N(CCO)[C@H](C(=O)N(C(C)(C)CC(C)(C)C)C/C=C\CCC(=O)N1C)[C@]31C=C[C@H]2O1. The minimum atomic E-state index is -1.38. The second-order valence-electron chi connectivity index (χ2n) is 15.0. The Kier molecular flexibility index (Phi) is 9.27. The first-order chi connectivity index (χ1) is 21.6. The Morgan fingerprint density at radius 2 is 1.70 bits per heavy atom. The van der Waals surface area contributed by atoms with E-state index in [9.17, 15) is 24.3 Å². The van der Waals surface area contributed by atoms with E-state index in [4.69, 9.17) is 9.47 Å². The summed E-state index contributed by atoms with van der Waals surface area (Å²) >= 11 is 0. The first-order valence-corrected chi connectivity index (χ1v) is 16.4. The number of amides is 3. The number of ether oxygens (including phenoxy) is 2. The molecule has 3 amide bonds. The largest absolute Gasteiger partial charge is 0.455 e. The predicted octanol–water partition coefficient (Wildman–Crippen LogP) is 3.65. The van der Waals surface area contributed by atoms with Crippen LogP contribution >= 0.6 is 0 Å². The highest BCUT2D eigenvalue weighted by Gasteiger charge is 2.73. The first-order valence-electron chi connectivity index (χ1n) is 16.4. The summed E-state index contributed by atoms with van der Waals surface area (Å²) in [5, 5.41) is 10.0. The van der Waals surface area contributed by atoms with E-state index < -0.39 is 59.1 Å². The summed E-state index contributed by atoms with van der Waals surface area (Å²) in [4.78, 5) is 61.5. The molecule has 0 saturated carbocycles. The van der Waals surface area contributed by atoms with Crippen molar-refractivity contribution in [2.45, 2.75) is 96.2 Å². The van der Waals surface area contributed by atoms with Crippen molar-refractivity contribution in [3.05, 3.63) is 60.2 Å². The van der Waals surface area contributed by atoms with Crippen LogP contribution in [0.25, 0.3) is 0 Å². The van der Waals surface area contributed by atoms with Crippen LogP contribution in [0.15, 0.2) is 54.6 Å². The molecule has 250 valence electrons. The monoisotopic (exact) mass is 635 g/mol. The maximum Gasteiger partial charge on any atom is 0.313 e. The lowest BCUT2D eigenvalue weighted by atomic mass is 9.74. The van der Waals surface area contributed by atoms with E-state index in [0.717, 1.165) is 5.56 Å². The number of rotatable bonds is 5. The number of aliphatic hydroxyl groups excluding tert-OH is 1. The van der Waals surface area contributed by atoms with Gasteiger partial charge in [0, 0.05) is 32.1 Å². The van der Waals surface area contributed by atoms with Gasteiger partial charge >= 0.3 is 5.97 Å². The molecule has 46 heavy (non-hydrogen) atoms. The molecule has 7 atom stereocenters. The van der Waals surface area contributed by atoms with Crippen LogP contribution in [0.2, 0.25) is 0 Å². The van der Waals surface area contributed by atoms with Crippen molar-refractivity contribution < 1.29 is 33.8 Å². The fourth-order valence-corrected chi connectivity index (χ4v) is 8.14. The molecule has 1 aromatic carbocycles. The van der Waals surface area contributed by atoms with Crippen LogP contribution in [0, 0.1) is 17.3 Å². The maximum atomic E-state index is 14.9. The van der Waals surface area contributed by atoms with Gasteiger partial charge in [-0.25, -0.2) is 0 Å². The number of allylic oxidation sites excluding steroid dienone is 1. The summed E-state index contributed by atoms with van der Waals surface area (Å²) in [6.45, 7) is 12.1. The number of hydrogen-bond acceptors (Lipinski definition) is 7. The summed E-state index contributed by atoms with van der Waals surface area (Å²) in [5.41, 5.74) is -1.40. The molecule has 2 fully saturated rings. The minimum Gasteiger partial charge on any atom is -0.455 e. The third-order valence-corrected chi connectivity index (χ3v) is 9.97. The number of carbonyl (C=O) groups is 4. The lowest BCUT2D eigenvalue weighted by Crippen LogP contribution is -2.61. The molecule has 0 aliphatic carbocycles. The molecule has 5 rings (SSSR count). The number of benzene rings is 1. The van der Waals surface area contributed by atoms with Crippen LogP contribution in [-0.4, -0.2) is 99.6 Å². The number of cyclic esters (lactones) is 1. The zero-order chi connectivity index (χ0) is 33.6. The molecule has 5 bridgehead atoms. The van der Waals surface area contributed by atoms with E-state index >= 15 is 0 Å². The molecule has 4 aliphatic rings. The average Bonchev–Trinajstić information content (AvgIpc) is 3.63. The topological polar surface area (TPSA) is 117 Å². The van der Waals surface area contributed by atoms with E-state index in [1.165, 1.54) is 4.90 Å². The number of esters is 1. The number of carbonyl (C=O) groups excluding carboxylic acids is 4. The van der Waals surface area contributed by atoms with E-state index in [0.29, 0.717) is 12.8 Å². The Bertz CT molecular complexity index is 1400. The van der Waals surface area contributed by atoms with Crippen molar-refractivity contribution in [3.63, 3.8) is 0 Å². The molecule has 4 heterocycles. The van der Waals surface area contributed by atoms with E-state index in [2.05, 4.69) is 20.8 Å². The van der Waals surface area contributed by atoms with Crippen molar-refractivity contribution in [3.8, 4) is 0 Å². The maximum absolute atomic E-state index is 14.9. The Balaban J connectivity index is 1.62. The number of hydrogen-bond donors (Lipinski definition) is 1. The van der Waals surface area contributed by atoms with Crippen LogP contribution in [0.3, 0.4) is 0 Å². The highest BCUT2D eigenvalue weighted by atomic mass is 16.6. The summed E-state index contributed by atoms with van der Waals surface area (Å²) in [6.07, 6.45) is 7.18. The van der Waals surface area contributed by atoms with Crippen molar-refractivity contribution >= 4 is 23.7 Å². The molecule has 10 heteroatoms. The number of β-amino-alcohol motifs (C(OH)–C–C–N with tert-alkyl or cyclic N) is 1. The van der Waals surface area contributed by atoms with Crippen LogP contribution < -0.4 is 0 Å². The second kappa shape index (κ2) is 12.6. The summed E-state index contributed by atoms with van der Waals surface area (Å²) in [5.74, 6) is -3.44. The highest BCUT2D eigenvalue weighted by molar-refractivity contribution is 5.99. The molecule has 0 aromatic heterocycles. The number of likely N-dealkylation sites (N-methyl/N-ethyl adjacent to an activating group) is 1. The minimum absolute atomic E-state index is 0.0723. The van der Waals surface area contributed by atoms with Gasteiger partial charge in [0.25, 0.3) is 0 Å². The summed E-state index contributed by atoms with van der Waals surface area (Å²) in [6, 6.07) is 7.68. The van der Waals surface area contributed by atoms with E-state index in [1.54, 1.807) is 29.0 Å². The molecule has 0 unspecified atom stereocenters. The van der Waals surface area contributed by atoms with Gasteiger partial charge in [0.05, 0.1) is 24.7 Å². The summed E-state index contributed by atoms with van der Waals surface area (Å²) < 4.78 is 12.8. The zero-order valence-corrected chi connectivity index (χ0v) is 28.1. The second-order valence-corrected chi connectivity index (χ2v) is 15.0. The Labute approximate surface area is 272 Å². The Hall–Kier alpha value is -3.50. The molecule has 0 radical (unpaired) electrons. The fourth-order valence-electron chi connectivity index (χ4n) is 8.14. The van der Waals surface area contributed by atoms with Crippen molar-refractivity contribution in [1.82, 2.24) is 14.7 Å². The molecule has 1 N–H and O–H groups in total. The number of likely N-dealkylation sites (tertiary alicyclic amines) is 1. The van der Waals surface area contributed by atoms with Crippen molar-refractivity contribution in [2.75, 3.05) is 26.7 Å². The molecule has 1 spiro atoms. The Morgan fingerprint density at radius 3 is 2.35 bits per heavy atom. The number of aliphatic hydroxyl groups is 1. The number of nitrogens with zero attached hydrogens (tertiary/aromatic N) is 3. The first kappa shape index (κ1) is 33.9. The van der Waals surface area contributed by atoms with Gasteiger partial charge in [-0.15, -0.1) is 0 Å².